The van der Waals surface area contributed by atoms with Crippen LogP contribution in [0, 0.1) is 5.92 Å². The monoisotopic (exact) mass is 343 g/mol. The fourth-order valence-corrected chi connectivity index (χ4v) is 4.07. The Labute approximate surface area is 152 Å². The molecule has 1 amide bonds. The van der Waals surface area contributed by atoms with Gasteiger partial charge in [0, 0.05) is 37.6 Å². The van der Waals surface area contributed by atoms with Gasteiger partial charge in [0.25, 0.3) is 0 Å². The first-order valence-corrected chi connectivity index (χ1v) is 9.92. The zero-order valence-electron chi connectivity index (χ0n) is 15.8. The smallest absolute Gasteiger partial charge is 0.222 e. The Hall–Kier alpha value is -1.39. The topological polar surface area (TPSA) is 35.6 Å². The molecule has 2 fully saturated rings. The third-order valence-corrected chi connectivity index (χ3v) is 5.65. The van der Waals surface area contributed by atoms with Gasteiger partial charge >= 0.3 is 0 Å². The number of hydrogen-bond acceptors (Lipinski definition) is 3. The lowest BCUT2D eigenvalue weighted by Gasteiger charge is -2.37. The second-order valence-electron chi connectivity index (χ2n) is 7.98. The molecule has 3 rings (SSSR count). The number of hydrogen-bond donors (Lipinski definition) is 1. The van der Waals surface area contributed by atoms with Crippen molar-refractivity contribution in [3.8, 4) is 0 Å². The van der Waals surface area contributed by atoms with Gasteiger partial charge in [-0.3, -0.25) is 9.69 Å². The first-order valence-electron chi connectivity index (χ1n) is 9.92. The van der Waals surface area contributed by atoms with Crippen molar-refractivity contribution in [3.05, 3.63) is 35.9 Å². The minimum absolute atomic E-state index is 0.0790. The summed E-state index contributed by atoms with van der Waals surface area (Å²) in [6.45, 7) is 9.69. The molecule has 2 atom stereocenters. The van der Waals surface area contributed by atoms with Crippen molar-refractivity contribution in [3.63, 3.8) is 0 Å². The Morgan fingerprint density at radius 1 is 1.16 bits per heavy atom. The molecule has 138 valence electrons. The molecule has 0 radical (unpaired) electrons. The number of benzene rings is 1. The molecule has 0 saturated carbocycles. The van der Waals surface area contributed by atoms with Crippen LogP contribution in [0.15, 0.2) is 30.3 Å². The SMILES string of the molecule is CC(C)C(=O)N[C@H]1CCCN([C@@H]2CCN(CCc3ccccc3)C2)C1. The summed E-state index contributed by atoms with van der Waals surface area (Å²) >= 11 is 0. The Morgan fingerprint density at radius 2 is 1.96 bits per heavy atom. The summed E-state index contributed by atoms with van der Waals surface area (Å²) < 4.78 is 0. The van der Waals surface area contributed by atoms with Gasteiger partial charge in [-0.1, -0.05) is 44.2 Å². The normalized spacial score (nSPS) is 25.4. The molecule has 25 heavy (non-hydrogen) atoms. The molecule has 1 aromatic rings. The van der Waals surface area contributed by atoms with Gasteiger partial charge in [0.05, 0.1) is 0 Å². The van der Waals surface area contributed by atoms with Crippen LogP contribution in [0.1, 0.15) is 38.7 Å². The minimum Gasteiger partial charge on any atom is -0.352 e. The predicted octanol–water partition coefficient (Wildman–Crippen LogP) is 2.54. The largest absolute Gasteiger partial charge is 0.352 e. The third kappa shape index (κ3) is 5.29. The molecule has 2 heterocycles. The van der Waals surface area contributed by atoms with Gasteiger partial charge in [0.1, 0.15) is 0 Å². The molecule has 4 nitrogen and oxygen atoms in total. The molecule has 2 aliphatic heterocycles. The Morgan fingerprint density at radius 3 is 2.72 bits per heavy atom. The number of nitrogens with zero attached hydrogens (tertiary/aromatic N) is 2. The minimum atomic E-state index is 0.0790. The molecular formula is C21H33N3O. The van der Waals surface area contributed by atoms with E-state index in [0.29, 0.717) is 12.1 Å². The van der Waals surface area contributed by atoms with Crippen LogP contribution in [0.25, 0.3) is 0 Å². The van der Waals surface area contributed by atoms with Crippen LogP contribution in [0.4, 0.5) is 0 Å². The van der Waals surface area contributed by atoms with E-state index in [1.165, 1.54) is 38.0 Å². The van der Waals surface area contributed by atoms with Crippen LogP contribution in [0.5, 0.6) is 0 Å². The van der Waals surface area contributed by atoms with Gasteiger partial charge in [-0.15, -0.1) is 0 Å². The molecular weight excluding hydrogens is 310 g/mol. The summed E-state index contributed by atoms with van der Waals surface area (Å²) in [6, 6.07) is 11.8. The first-order chi connectivity index (χ1) is 12.1. The highest BCUT2D eigenvalue weighted by molar-refractivity contribution is 5.78. The quantitative estimate of drug-likeness (QED) is 0.862. The van der Waals surface area contributed by atoms with E-state index in [-0.39, 0.29) is 11.8 Å². The second-order valence-corrected chi connectivity index (χ2v) is 7.98. The van der Waals surface area contributed by atoms with Crippen LogP contribution >= 0.6 is 0 Å². The lowest BCUT2D eigenvalue weighted by Crippen LogP contribution is -2.52. The van der Waals surface area contributed by atoms with E-state index in [1.54, 1.807) is 0 Å². The summed E-state index contributed by atoms with van der Waals surface area (Å²) in [5.74, 6) is 0.276. The van der Waals surface area contributed by atoms with Crippen molar-refractivity contribution in [1.82, 2.24) is 15.1 Å². The number of likely N-dealkylation sites (tertiary alicyclic amines) is 2. The number of nitrogens with one attached hydrogen (secondary N) is 1. The summed E-state index contributed by atoms with van der Waals surface area (Å²) in [5.41, 5.74) is 1.43. The zero-order valence-corrected chi connectivity index (χ0v) is 15.8. The number of carbonyl (C=O) groups is 1. The molecule has 0 unspecified atom stereocenters. The van der Waals surface area contributed by atoms with E-state index >= 15 is 0 Å². The maximum Gasteiger partial charge on any atom is 0.222 e. The Balaban J connectivity index is 1.44. The molecule has 2 saturated heterocycles. The lowest BCUT2D eigenvalue weighted by atomic mass is 10.0. The van der Waals surface area contributed by atoms with Crippen molar-refractivity contribution >= 4 is 5.91 Å². The van der Waals surface area contributed by atoms with E-state index in [4.69, 9.17) is 0 Å². The summed E-state index contributed by atoms with van der Waals surface area (Å²) in [7, 11) is 0. The van der Waals surface area contributed by atoms with Gasteiger partial charge in [-0.25, -0.2) is 0 Å². The second kappa shape index (κ2) is 8.81. The third-order valence-electron chi connectivity index (χ3n) is 5.65. The summed E-state index contributed by atoms with van der Waals surface area (Å²) in [5, 5.41) is 3.24. The van der Waals surface area contributed by atoms with E-state index < -0.39 is 0 Å². The number of carbonyl (C=O) groups excluding carboxylic acids is 1. The van der Waals surface area contributed by atoms with Crippen molar-refractivity contribution in [1.29, 1.82) is 0 Å². The summed E-state index contributed by atoms with van der Waals surface area (Å²) in [6.07, 6.45) is 4.73. The maximum atomic E-state index is 12.0. The zero-order chi connectivity index (χ0) is 17.6. The van der Waals surface area contributed by atoms with Crippen LogP contribution in [-0.2, 0) is 11.2 Å². The Bertz CT molecular complexity index is 545. The lowest BCUT2D eigenvalue weighted by molar-refractivity contribution is -0.125. The number of amides is 1. The van der Waals surface area contributed by atoms with Gasteiger partial charge in [0.15, 0.2) is 0 Å². The standard InChI is InChI=1S/C21H33N3O/c1-17(2)21(25)22-19-9-6-12-24(15-19)20-11-14-23(16-20)13-10-18-7-4-3-5-8-18/h3-5,7-8,17,19-20H,6,9-16H2,1-2H3,(H,22,25)/t19-,20+/m0/s1. The number of rotatable bonds is 6. The van der Waals surface area contributed by atoms with Gasteiger partial charge in [-0.2, -0.15) is 0 Å². The van der Waals surface area contributed by atoms with Crippen LogP contribution in [0.3, 0.4) is 0 Å². The van der Waals surface area contributed by atoms with Gasteiger partial charge < -0.3 is 10.2 Å². The Kier molecular flexibility index (Phi) is 6.49. The van der Waals surface area contributed by atoms with Crippen molar-refractivity contribution < 1.29 is 4.79 Å². The molecule has 0 bridgehead atoms. The molecule has 0 spiro atoms. The average molecular weight is 344 g/mol. The highest BCUT2D eigenvalue weighted by Crippen LogP contribution is 2.21. The van der Waals surface area contributed by atoms with E-state index in [2.05, 4.69) is 45.4 Å². The molecule has 1 N–H and O–H groups in total. The first kappa shape index (κ1) is 18.4. The van der Waals surface area contributed by atoms with Crippen molar-refractivity contribution in [2.75, 3.05) is 32.7 Å². The molecule has 2 aliphatic rings. The van der Waals surface area contributed by atoms with Crippen LogP contribution in [0.2, 0.25) is 0 Å². The van der Waals surface area contributed by atoms with Gasteiger partial charge in [0.2, 0.25) is 5.91 Å². The fraction of sp³-hybridized carbons (Fsp3) is 0.667. The van der Waals surface area contributed by atoms with Gasteiger partial charge in [-0.05, 0) is 44.3 Å². The predicted molar refractivity (Wildman–Crippen MR) is 103 cm³/mol. The summed E-state index contributed by atoms with van der Waals surface area (Å²) in [4.78, 5) is 17.2. The highest BCUT2D eigenvalue weighted by atomic mass is 16.1. The maximum absolute atomic E-state index is 12.0. The number of piperidine rings is 1. The fourth-order valence-electron chi connectivity index (χ4n) is 4.07. The molecule has 1 aromatic carbocycles. The van der Waals surface area contributed by atoms with E-state index in [0.717, 1.165) is 25.9 Å². The molecule has 0 aliphatic carbocycles. The van der Waals surface area contributed by atoms with E-state index in [1.807, 2.05) is 13.8 Å². The molecule has 4 heteroatoms. The van der Waals surface area contributed by atoms with Crippen molar-refractivity contribution in [2.45, 2.75) is 51.6 Å². The average Bonchev–Trinajstić information content (AvgIpc) is 3.10. The van der Waals surface area contributed by atoms with Crippen LogP contribution in [-0.4, -0.2) is 60.5 Å². The van der Waals surface area contributed by atoms with Crippen molar-refractivity contribution in [2.24, 2.45) is 5.92 Å². The molecule has 0 aromatic heterocycles. The highest BCUT2D eigenvalue weighted by Gasteiger charge is 2.31. The van der Waals surface area contributed by atoms with Crippen LogP contribution < -0.4 is 5.32 Å². The van der Waals surface area contributed by atoms with E-state index in [9.17, 15) is 4.79 Å².